The minimum absolute atomic E-state index is 0.126. The van der Waals surface area contributed by atoms with E-state index in [0.717, 1.165) is 17.1 Å². The minimum atomic E-state index is -0.535. The Bertz CT molecular complexity index is 412. The topological polar surface area (TPSA) is 66.9 Å². The number of nitro benzene ring substituents is 1. The number of benzene rings is 1. The molecule has 0 aliphatic rings. The SMILES string of the molecule is CCCSc1ccc([N+](=O)[O-])c(C#N)c1. The number of hydrogen-bond donors (Lipinski definition) is 0. The summed E-state index contributed by atoms with van der Waals surface area (Å²) in [5.41, 5.74) is -0.000508. The van der Waals surface area contributed by atoms with Gasteiger partial charge in [0.1, 0.15) is 11.6 Å². The Morgan fingerprint density at radius 2 is 2.33 bits per heavy atom. The molecule has 1 aromatic carbocycles. The van der Waals surface area contributed by atoms with Crippen molar-refractivity contribution in [2.45, 2.75) is 18.2 Å². The highest BCUT2D eigenvalue weighted by Crippen LogP contribution is 2.25. The maximum atomic E-state index is 10.6. The Morgan fingerprint density at radius 1 is 1.60 bits per heavy atom. The summed E-state index contributed by atoms with van der Waals surface area (Å²) >= 11 is 1.60. The third-order valence-electron chi connectivity index (χ3n) is 1.76. The number of thioether (sulfide) groups is 1. The molecule has 0 aliphatic heterocycles. The third-order valence-corrected chi connectivity index (χ3v) is 2.96. The van der Waals surface area contributed by atoms with E-state index < -0.39 is 4.92 Å². The lowest BCUT2D eigenvalue weighted by atomic mass is 10.2. The van der Waals surface area contributed by atoms with Crippen molar-refractivity contribution in [1.29, 1.82) is 5.26 Å². The van der Waals surface area contributed by atoms with E-state index in [9.17, 15) is 10.1 Å². The summed E-state index contributed by atoms with van der Waals surface area (Å²) in [4.78, 5) is 10.9. The van der Waals surface area contributed by atoms with Crippen molar-refractivity contribution in [2.24, 2.45) is 0 Å². The molecule has 0 spiro atoms. The normalized spacial score (nSPS) is 9.60. The second kappa shape index (κ2) is 5.37. The van der Waals surface area contributed by atoms with Crippen molar-refractivity contribution < 1.29 is 4.92 Å². The van der Waals surface area contributed by atoms with Crippen LogP contribution in [0.5, 0.6) is 0 Å². The molecule has 0 bridgehead atoms. The Balaban J connectivity index is 2.98. The van der Waals surface area contributed by atoms with E-state index >= 15 is 0 Å². The van der Waals surface area contributed by atoms with Crippen molar-refractivity contribution >= 4 is 17.4 Å². The number of nitrogens with zero attached hydrogens (tertiary/aromatic N) is 2. The van der Waals surface area contributed by atoms with Crippen LogP contribution in [0.15, 0.2) is 23.1 Å². The average Bonchev–Trinajstić information content (AvgIpc) is 2.25. The Hall–Kier alpha value is -1.54. The van der Waals surface area contributed by atoms with Gasteiger partial charge >= 0.3 is 0 Å². The first kappa shape index (κ1) is 11.5. The molecule has 78 valence electrons. The van der Waals surface area contributed by atoms with Gasteiger partial charge in [0.2, 0.25) is 0 Å². The number of nitro groups is 1. The summed E-state index contributed by atoms with van der Waals surface area (Å²) in [5, 5.41) is 19.3. The first-order valence-electron chi connectivity index (χ1n) is 4.50. The van der Waals surface area contributed by atoms with Crippen LogP contribution >= 0.6 is 11.8 Å². The van der Waals surface area contributed by atoms with Crippen molar-refractivity contribution in [1.82, 2.24) is 0 Å². The molecular weight excluding hydrogens is 212 g/mol. The molecule has 0 fully saturated rings. The summed E-state index contributed by atoms with van der Waals surface area (Å²) in [5.74, 6) is 0.947. The molecular formula is C10H10N2O2S. The maximum absolute atomic E-state index is 10.6. The minimum Gasteiger partial charge on any atom is -0.258 e. The fourth-order valence-electron chi connectivity index (χ4n) is 1.07. The maximum Gasteiger partial charge on any atom is 0.287 e. The van der Waals surface area contributed by atoms with Gasteiger partial charge < -0.3 is 0 Å². The molecule has 0 unspecified atom stereocenters. The zero-order valence-corrected chi connectivity index (χ0v) is 9.08. The molecule has 0 saturated heterocycles. The van der Waals surface area contributed by atoms with E-state index in [0.29, 0.717) is 0 Å². The largest absolute Gasteiger partial charge is 0.287 e. The van der Waals surface area contributed by atoms with E-state index in [4.69, 9.17) is 5.26 Å². The molecule has 4 nitrogen and oxygen atoms in total. The average molecular weight is 222 g/mol. The predicted molar refractivity (Wildman–Crippen MR) is 58.8 cm³/mol. The third kappa shape index (κ3) is 2.96. The molecule has 0 heterocycles. The van der Waals surface area contributed by atoms with E-state index in [2.05, 4.69) is 6.92 Å². The molecule has 0 amide bonds. The van der Waals surface area contributed by atoms with Crippen LogP contribution in [0.4, 0.5) is 5.69 Å². The molecule has 1 aromatic rings. The van der Waals surface area contributed by atoms with E-state index in [1.807, 2.05) is 6.07 Å². The highest BCUT2D eigenvalue weighted by atomic mass is 32.2. The van der Waals surface area contributed by atoms with E-state index in [1.54, 1.807) is 23.9 Å². The van der Waals surface area contributed by atoms with Gasteiger partial charge in [-0.3, -0.25) is 10.1 Å². The quantitative estimate of drug-likeness (QED) is 0.446. The van der Waals surface area contributed by atoms with Gasteiger partial charge in [0.15, 0.2) is 0 Å². The lowest BCUT2D eigenvalue weighted by Gasteiger charge is -2.00. The summed E-state index contributed by atoms with van der Waals surface area (Å²) in [6.07, 6.45) is 1.03. The highest BCUT2D eigenvalue weighted by Gasteiger charge is 2.13. The van der Waals surface area contributed by atoms with Crippen LogP contribution in [0.3, 0.4) is 0 Å². The summed E-state index contributed by atoms with van der Waals surface area (Å²) in [6, 6.07) is 6.47. The smallest absolute Gasteiger partial charge is 0.258 e. The van der Waals surface area contributed by atoms with Gasteiger partial charge in [-0.05, 0) is 24.3 Å². The van der Waals surface area contributed by atoms with Crippen LogP contribution in [0.2, 0.25) is 0 Å². The molecule has 1 rings (SSSR count). The van der Waals surface area contributed by atoms with Crippen molar-refractivity contribution in [3.8, 4) is 6.07 Å². The van der Waals surface area contributed by atoms with E-state index in [-0.39, 0.29) is 11.3 Å². The Morgan fingerprint density at radius 3 is 2.87 bits per heavy atom. The van der Waals surface area contributed by atoms with Crippen molar-refractivity contribution in [2.75, 3.05) is 5.75 Å². The second-order valence-corrected chi connectivity index (χ2v) is 4.06. The van der Waals surface area contributed by atoms with Gasteiger partial charge in [-0.2, -0.15) is 5.26 Å². The Kier molecular flexibility index (Phi) is 4.13. The summed E-state index contributed by atoms with van der Waals surface area (Å²) in [6.45, 7) is 2.06. The molecule has 0 atom stereocenters. The molecule has 15 heavy (non-hydrogen) atoms. The lowest BCUT2D eigenvalue weighted by Crippen LogP contribution is -1.92. The second-order valence-electron chi connectivity index (χ2n) is 2.90. The summed E-state index contributed by atoms with van der Waals surface area (Å²) in [7, 11) is 0. The zero-order valence-electron chi connectivity index (χ0n) is 8.27. The monoisotopic (exact) mass is 222 g/mol. The van der Waals surface area contributed by atoms with Crippen LogP contribution in [-0.4, -0.2) is 10.7 Å². The van der Waals surface area contributed by atoms with Gasteiger partial charge in [-0.15, -0.1) is 11.8 Å². The standard InChI is InChI=1S/C10H10N2O2S/c1-2-5-15-9-3-4-10(12(13)14)8(6-9)7-11/h3-4,6H,2,5H2,1H3. The lowest BCUT2D eigenvalue weighted by molar-refractivity contribution is -0.385. The molecule has 0 N–H and O–H groups in total. The molecule has 0 aliphatic carbocycles. The van der Waals surface area contributed by atoms with Crippen LogP contribution in [0, 0.1) is 21.4 Å². The fraction of sp³-hybridized carbons (Fsp3) is 0.300. The zero-order chi connectivity index (χ0) is 11.3. The molecule has 0 saturated carbocycles. The highest BCUT2D eigenvalue weighted by molar-refractivity contribution is 7.99. The fourth-order valence-corrected chi connectivity index (χ4v) is 1.88. The predicted octanol–water partition coefficient (Wildman–Crippen LogP) is 2.97. The van der Waals surface area contributed by atoms with Gasteiger partial charge in [-0.25, -0.2) is 0 Å². The molecule has 0 radical (unpaired) electrons. The first-order chi connectivity index (χ1) is 7.19. The Labute approximate surface area is 92.1 Å². The van der Waals surface area contributed by atoms with Gasteiger partial charge in [0.25, 0.3) is 5.69 Å². The van der Waals surface area contributed by atoms with Crippen molar-refractivity contribution in [3.05, 3.63) is 33.9 Å². The van der Waals surface area contributed by atoms with E-state index in [1.165, 1.54) is 6.07 Å². The van der Waals surface area contributed by atoms with Crippen LogP contribution in [-0.2, 0) is 0 Å². The van der Waals surface area contributed by atoms with Crippen LogP contribution < -0.4 is 0 Å². The van der Waals surface area contributed by atoms with Crippen LogP contribution in [0.1, 0.15) is 18.9 Å². The first-order valence-corrected chi connectivity index (χ1v) is 5.49. The molecule has 0 aromatic heterocycles. The number of hydrogen-bond acceptors (Lipinski definition) is 4. The van der Waals surface area contributed by atoms with Crippen LogP contribution in [0.25, 0.3) is 0 Å². The van der Waals surface area contributed by atoms with Crippen molar-refractivity contribution in [3.63, 3.8) is 0 Å². The van der Waals surface area contributed by atoms with Gasteiger partial charge in [0.05, 0.1) is 4.92 Å². The number of rotatable bonds is 4. The summed E-state index contributed by atoms with van der Waals surface area (Å²) < 4.78 is 0. The van der Waals surface area contributed by atoms with Gasteiger partial charge in [0, 0.05) is 11.0 Å². The molecule has 5 heteroatoms. The number of nitriles is 1. The van der Waals surface area contributed by atoms with Gasteiger partial charge in [-0.1, -0.05) is 6.92 Å².